The van der Waals surface area contributed by atoms with Crippen molar-refractivity contribution in [2.45, 2.75) is 13.5 Å². The van der Waals surface area contributed by atoms with Crippen molar-refractivity contribution in [1.29, 1.82) is 0 Å². The number of halogens is 3. The van der Waals surface area contributed by atoms with Gasteiger partial charge in [-0.15, -0.1) is 0 Å². The number of benzene rings is 2. The van der Waals surface area contributed by atoms with Crippen LogP contribution >= 0.6 is 0 Å². The fourth-order valence-corrected chi connectivity index (χ4v) is 1.81. The molecule has 0 spiro atoms. The van der Waals surface area contributed by atoms with Crippen molar-refractivity contribution in [3.05, 3.63) is 53.8 Å². The number of hydrogen-bond donors (Lipinski definition) is 2. The highest BCUT2D eigenvalue weighted by Crippen LogP contribution is 2.18. The number of anilines is 2. The molecule has 0 aliphatic heterocycles. The van der Waals surface area contributed by atoms with Crippen LogP contribution in [0.5, 0.6) is 5.75 Å². The van der Waals surface area contributed by atoms with E-state index in [1.54, 1.807) is 19.1 Å². The van der Waals surface area contributed by atoms with Crippen molar-refractivity contribution in [2.75, 3.05) is 17.2 Å². The Balaban J connectivity index is 1.85. The Morgan fingerprint density at radius 1 is 1.13 bits per heavy atom. The molecular formula is C16H15F3N2O2. The van der Waals surface area contributed by atoms with Crippen LogP contribution in [0, 0.1) is 12.7 Å². The molecule has 0 aromatic heterocycles. The van der Waals surface area contributed by atoms with Gasteiger partial charge in [-0.05, 0) is 48.9 Å². The van der Waals surface area contributed by atoms with Crippen LogP contribution in [-0.4, -0.2) is 19.1 Å². The molecule has 0 heterocycles. The summed E-state index contributed by atoms with van der Waals surface area (Å²) in [6.45, 7) is -1.31. The predicted molar refractivity (Wildman–Crippen MR) is 81.3 cm³/mol. The molecule has 0 bridgehead atoms. The Hall–Kier alpha value is -2.70. The van der Waals surface area contributed by atoms with E-state index >= 15 is 0 Å². The summed E-state index contributed by atoms with van der Waals surface area (Å²) in [6, 6.07) is 10.1. The molecule has 0 aliphatic carbocycles. The van der Waals surface area contributed by atoms with Crippen molar-refractivity contribution in [3.63, 3.8) is 0 Å². The van der Waals surface area contributed by atoms with Gasteiger partial charge in [-0.1, -0.05) is 6.07 Å². The standard InChI is InChI=1S/C16H15F3N2O2/c1-10-2-3-12(8-14(10)17)20-9-15(22)21-11-4-6-13(7-5-11)23-16(18)19/h2-8,16,20H,9H2,1H3,(H,21,22). The summed E-state index contributed by atoms with van der Waals surface area (Å²) >= 11 is 0. The lowest BCUT2D eigenvalue weighted by molar-refractivity contribution is -0.114. The van der Waals surface area contributed by atoms with Gasteiger partial charge in [-0.25, -0.2) is 4.39 Å². The van der Waals surface area contributed by atoms with Gasteiger partial charge in [-0.3, -0.25) is 4.79 Å². The summed E-state index contributed by atoms with van der Waals surface area (Å²) in [5, 5.41) is 5.37. The first kappa shape index (κ1) is 16.7. The second-order valence-electron chi connectivity index (χ2n) is 4.77. The second kappa shape index (κ2) is 7.53. The third-order valence-corrected chi connectivity index (χ3v) is 2.99. The van der Waals surface area contributed by atoms with Crippen LogP contribution in [0.2, 0.25) is 0 Å². The molecule has 0 unspecified atom stereocenters. The Labute approximate surface area is 131 Å². The highest BCUT2D eigenvalue weighted by molar-refractivity contribution is 5.93. The largest absolute Gasteiger partial charge is 0.435 e. The smallest absolute Gasteiger partial charge is 0.387 e. The van der Waals surface area contributed by atoms with E-state index in [0.29, 0.717) is 16.9 Å². The van der Waals surface area contributed by atoms with Crippen LogP contribution < -0.4 is 15.4 Å². The second-order valence-corrected chi connectivity index (χ2v) is 4.77. The number of amides is 1. The molecule has 2 N–H and O–H groups in total. The molecule has 0 saturated carbocycles. The lowest BCUT2D eigenvalue weighted by atomic mass is 10.2. The van der Waals surface area contributed by atoms with E-state index in [4.69, 9.17) is 0 Å². The minimum atomic E-state index is -2.89. The van der Waals surface area contributed by atoms with Crippen molar-refractivity contribution >= 4 is 17.3 Å². The number of carbonyl (C=O) groups is 1. The van der Waals surface area contributed by atoms with Crippen LogP contribution in [0.25, 0.3) is 0 Å². The minimum absolute atomic E-state index is 0.00579. The number of aryl methyl sites for hydroxylation is 1. The maximum Gasteiger partial charge on any atom is 0.387 e. The first-order chi connectivity index (χ1) is 10.9. The van der Waals surface area contributed by atoms with Crippen LogP contribution in [0.3, 0.4) is 0 Å². The van der Waals surface area contributed by atoms with E-state index in [9.17, 15) is 18.0 Å². The van der Waals surface area contributed by atoms with Crippen molar-refractivity contribution < 1.29 is 22.7 Å². The molecule has 0 atom stereocenters. The van der Waals surface area contributed by atoms with Gasteiger partial charge in [0.2, 0.25) is 5.91 Å². The topological polar surface area (TPSA) is 50.4 Å². The van der Waals surface area contributed by atoms with E-state index in [1.165, 1.54) is 30.3 Å². The zero-order chi connectivity index (χ0) is 16.8. The molecule has 0 saturated heterocycles. The zero-order valence-corrected chi connectivity index (χ0v) is 12.3. The van der Waals surface area contributed by atoms with Crippen molar-refractivity contribution in [3.8, 4) is 5.75 Å². The number of carbonyl (C=O) groups excluding carboxylic acids is 1. The minimum Gasteiger partial charge on any atom is -0.435 e. The number of rotatable bonds is 6. The maximum atomic E-state index is 13.4. The zero-order valence-electron chi connectivity index (χ0n) is 12.3. The molecule has 0 fully saturated rings. The Morgan fingerprint density at radius 3 is 2.39 bits per heavy atom. The molecule has 2 aromatic rings. The molecular weight excluding hydrogens is 309 g/mol. The molecule has 0 radical (unpaired) electrons. The quantitative estimate of drug-likeness (QED) is 0.850. The lowest BCUT2D eigenvalue weighted by Crippen LogP contribution is -2.21. The third-order valence-electron chi connectivity index (χ3n) is 2.99. The Morgan fingerprint density at radius 2 is 1.78 bits per heavy atom. The van der Waals surface area contributed by atoms with Crippen LogP contribution in [0.4, 0.5) is 24.5 Å². The van der Waals surface area contributed by atoms with Gasteiger partial charge in [0.1, 0.15) is 11.6 Å². The van der Waals surface area contributed by atoms with Gasteiger partial charge in [0, 0.05) is 11.4 Å². The van der Waals surface area contributed by atoms with E-state index in [-0.39, 0.29) is 24.0 Å². The average Bonchev–Trinajstić information content (AvgIpc) is 2.50. The SMILES string of the molecule is Cc1ccc(NCC(=O)Nc2ccc(OC(F)F)cc2)cc1F. The van der Waals surface area contributed by atoms with Crippen LogP contribution in [0.15, 0.2) is 42.5 Å². The monoisotopic (exact) mass is 324 g/mol. The van der Waals surface area contributed by atoms with E-state index < -0.39 is 6.61 Å². The normalized spacial score (nSPS) is 10.5. The number of nitrogens with one attached hydrogen (secondary N) is 2. The molecule has 2 aromatic carbocycles. The highest BCUT2D eigenvalue weighted by atomic mass is 19.3. The maximum absolute atomic E-state index is 13.4. The fraction of sp³-hybridized carbons (Fsp3) is 0.188. The van der Waals surface area contributed by atoms with Gasteiger partial charge in [0.15, 0.2) is 0 Å². The Bertz CT molecular complexity index is 676. The average molecular weight is 324 g/mol. The summed E-state index contributed by atoms with van der Waals surface area (Å²) in [6.07, 6.45) is 0. The molecule has 2 rings (SSSR count). The molecule has 23 heavy (non-hydrogen) atoms. The first-order valence-electron chi connectivity index (χ1n) is 6.79. The summed E-state index contributed by atoms with van der Waals surface area (Å²) in [5.41, 5.74) is 1.45. The Kier molecular flexibility index (Phi) is 5.46. The van der Waals surface area contributed by atoms with Gasteiger partial charge >= 0.3 is 6.61 Å². The molecule has 1 amide bonds. The fourth-order valence-electron chi connectivity index (χ4n) is 1.81. The highest BCUT2D eigenvalue weighted by Gasteiger charge is 2.06. The lowest BCUT2D eigenvalue weighted by Gasteiger charge is -2.09. The van der Waals surface area contributed by atoms with E-state index in [2.05, 4.69) is 15.4 Å². The molecule has 0 aliphatic rings. The van der Waals surface area contributed by atoms with Crippen molar-refractivity contribution in [2.24, 2.45) is 0 Å². The summed E-state index contributed by atoms with van der Waals surface area (Å²) in [7, 11) is 0. The number of hydrogen-bond acceptors (Lipinski definition) is 3. The summed E-state index contributed by atoms with van der Waals surface area (Å²) < 4.78 is 41.6. The van der Waals surface area contributed by atoms with Crippen LogP contribution in [-0.2, 0) is 4.79 Å². The third kappa shape index (κ3) is 5.21. The molecule has 7 heteroatoms. The van der Waals surface area contributed by atoms with E-state index in [1.807, 2.05) is 0 Å². The van der Waals surface area contributed by atoms with Crippen molar-refractivity contribution in [1.82, 2.24) is 0 Å². The summed E-state index contributed by atoms with van der Waals surface area (Å²) in [5.74, 6) is -0.704. The van der Waals surface area contributed by atoms with Gasteiger partial charge in [0.05, 0.1) is 6.54 Å². The number of alkyl halides is 2. The van der Waals surface area contributed by atoms with Crippen LogP contribution in [0.1, 0.15) is 5.56 Å². The number of ether oxygens (including phenoxy) is 1. The van der Waals surface area contributed by atoms with Gasteiger partial charge in [-0.2, -0.15) is 8.78 Å². The van der Waals surface area contributed by atoms with Gasteiger partial charge in [0.25, 0.3) is 0 Å². The van der Waals surface area contributed by atoms with Gasteiger partial charge < -0.3 is 15.4 Å². The molecule has 4 nitrogen and oxygen atoms in total. The summed E-state index contributed by atoms with van der Waals surface area (Å²) in [4.78, 5) is 11.8. The predicted octanol–water partition coefficient (Wildman–Crippen LogP) is 3.79. The molecule has 122 valence electrons. The van der Waals surface area contributed by atoms with E-state index in [0.717, 1.165) is 0 Å². The first-order valence-corrected chi connectivity index (χ1v) is 6.79.